The van der Waals surface area contributed by atoms with Crippen LogP contribution in [0.4, 0.5) is 4.79 Å². The third-order valence-electron chi connectivity index (χ3n) is 3.76. The zero-order valence-electron chi connectivity index (χ0n) is 14.1. The van der Waals surface area contributed by atoms with Gasteiger partial charge in [0, 0.05) is 10.9 Å². The Bertz CT molecular complexity index is 873. The summed E-state index contributed by atoms with van der Waals surface area (Å²) in [5, 5.41) is 10.8. The summed E-state index contributed by atoms with van der Waals surface area (Å²) in [6, 6.07) is 17.1. The molecule has 2 aromatic carbocycles. The van der Waals surface area contributed by atoms with Crippen molar-refractivity contribution in [1.82, 2.24) is 4.57 Å². The summed E-state index contributed by atoms with van der Waals surface area (Å²) in [5.74, 6) is 0. The summed E-state index contributed by atoms with van der Waals surface area (Å²) in [4.78, 5) is 12.9. The number of nitrogens with zero attached hydrogens (tertiary/aromatic N) is 1. The quantitative estimate of drug-likeness (QED) is 0.751. The molecule has 0 unspecified atom stereocenters. The lowest BCUT2D eigenvalue weighted by atomic mass is 10.1. The molecule has 0 saturated heterocycles. The minimum atomic E-state index is -0.601. The fourth-order valence-electron chi connectivity index (χ4n) is 2.86. The lowest BCUT2D eigenvalue weighted by Crippen LogP contribution is -2.27. The molecule has 3 rings (SSSR count). The number of rotatable bonds is 2. The molecule has 0 aliphatic heterocycles. The molecule has 0 atom stereocenters. The van der Waals surface area contributed by atoms with Crippen molar-refractivity contribution in [3.63, 3.8) is 0 Å². The van der Waals surface area contributed by atoms with Crippen molar-refractivity contribution in [3.05, 3.63) is 60.2 Å². The topological polar surface area (TPSA) is 51.5 Å². The van der Waals surface area contributed by atoms with Gasteiger partial charge in [-0.1, -0.05) is 48.5 Å². The molecule has 1 heterocycles. The molecule has 0 radical (unpaired) electrons. The SMILES string of the molecule is CC(C)(C)OC(=O)n1c(-c2ccccc2)c(CO)c2ccccc21. The number of aliphatic hydroxyl groups excluding tert-OH is 1. The average molecular weight is 323 g/mol. The second kappa shape index (κ2) is 6.13. The van der Waals surface area contributed by atoms with Crippen LogP contribution in [0.1, 0.15) is 26.3 Å². The number of para-hydroxylation sites is 1. The van der Waals surface area contributed by atoms with Gasteiger partial charge in [-0.2, -0.15) is 0 Å². The van der Waals surface area contributed by atoms with Crippen molar-refractivity contribution in [2.75, 3.05) is 0 Å². The normalized spacial score (nSPS) is 11.7. The van der Waals surface area contributed by atoms with Gasteiger partial charge < -0.3 is 9.84 Å². The van der Waals surface area contributed by atoms with Crippen molar-refractivity contribution in [3.8, 4) is 11.3 Å². The van der Waals surface area contributed by atoms with Crippen LogP contribution in [0.5, 0.6) is 0 Å². The Morgan fingerprint density at radius 3 is 2.29 bits per heavy atom. The van der Waals surface area contributed by atoms with Gasteiger partial charge in [-0.25, -0.2) is 9.36 Å². The largest absolute Gasteiger partial charge is 0.443 e. The van der Waals surface area contributed by atoms with E-state index in [1.165, 1.54) is 0 Å². The lowest BCUT2D eigenvalue weighted by molar-refractivity contribution is 0.0547. The van der Waals surface area contributed by atoms with E-state index in [2.05, 4.69) is 0 Å². The van der Waals surface area contributed by atoms with Crippen LogP contribution in [0.15, 0.2) is 54.6 Å². The van der Waals surface area contributed by atoms with E-state index in [0.717, 1.165) is 22.0 Å². The maximum atomic E-state index is 12.9. The maximum Gasteiger partial charge on any atom is 0.419 e. The lowest BCUT2D eigenvalue weighted by Gasteiger charge is -2.21. The fraction of sp³-hybridized carbons (Fsp3) is 0.250. The minimum Gasteiger partial charge on any atom is -0.443 e. The maximum absolute atomic E-state index is 12.9. The Kier molecular flexibility index (Phi) is 4.16. The van der Waals surface area contributed by atoms with Gasteiger partial charge in [0.1, 0.15) is 5.60 Å². The first kappa shape index (κ1) is 16.3. The fourth-order valence-corrected chi connectivity index (χ4v) is 2.86. The molecular weight excluding hydrogens is 302 g/mol. The van der Waals surface area contributed by atoms with E-state index in [4.69, 9.17) is 4.74 Å². The van der Waals surface area contributed by atoms with Crippen molar-refractivity contribution in [2.45, 2.75) is 33.0 Å². The number of benzene rings is 2. The summed E-state index contributed by atoms with van der Waals surface area (Å²) in [6.45, 7) is 5.36. The highest BCUT2D eigenvalue weighted by atomic mass is 16.6. The second-order valence-electron chi connectivity index (χ2n) is 6.68. The van der Waals surface area contributed by atoms with Crippen LogP contribution in [0.25, 0.3) is 22.2 Å². The summed E-state index contributed by atoms with van der Waals surface area (Å²) in [6.07, 6.45) is -0.447. The van der Waals surface area contributed by atoms with E-state index >= 15 is 0 Å². The van der Waals surface area contributed by atoms with Crippen molar-refractivity contribution < 1.29 is 14.6 Å². The molecule has 24 heavy (non-hydrogen) atoms. The average Bonchev–Trinajstić information content (AvgIpc) is 2.88. The van der Waals surface area contributed by atoms with Gasteiger partial charge in [0.2, 0.25) is 0 Å². The van der Waals surface area contributed by atoms with Crippen molar-refractivity contribution >= 4 is 17.0 Å². The molecule has 0 saturated carbocycles. The van der Waals surface area contributed by atoms with Gasteiger partial charge in [-0.05, 0) is 32.4 Å². The van der Waals surface area contributed by atoms with Crippen molar-refractivity contribution in [2.24, 2.45) is 0 Å². The number of fused-ring (bicyclic) bond motifs is 1. The van der Waals surface area contributed by atoms with E-state index in [-0.39, 0.29) is 6.61 Å². The molecule has 0 bridgehead atoms. The van der Waals surface area contributed by atoms with E-state index < -0.39 is 11.7 Å². The number of hydrogen-bond acceptors (Lipinski definition) is 3. The molecule has 0 aliphatic rings. The van der Waals surface area contributed by atoms with Crippen LogP contribution in [-0.2, 0) is 11.3 Å². The molecule has 0 spiro atoms. The van der Waals surface area contributed by atoms with Crippen LogP contribution in [-0.4, -0.2) is 21.4 Å². The number of carbonyl (C=O) groups is 1. The van der Waals surface area contributed by atoms with Gasteiger partial charge in [-0.3, -0.25) is 0 Å². The van der Waals surface area contributed by atoms with Crippen LogP contribution >= 0.6 is 0 Å². The molecule has 4 heteroatoms. The molecule has 0 aliphatic carbocycles. The predicted molar refractivity (Wildman–Crippen MR) is 94.9 cm³/mol. The van der Waals surface area contributed by atoms with Gasteiger partial charge >= 0.3 is 6.09 Å². The van der Waals surface area contributed by atoms with Crippen LogP contribution in [0, 0.1) is 0 Å². The first-order valence-electron chi connectivity index (χ1n) is 7.94. The van der Waals surface area contributed by atoms with E-state index in [1.807, 2.05) is 75.4 Å². The zero-order chi connectivity index (χ0) is 17.3. The Morgan fingerprint density at radius 1 is 1.04 bits per heavy atom. The number of aromatic nitrogens is 1. The molecule has 1 N–H and O–H groups in total. The number of carbonyl (C=O) groups excluding carboxylic acids is 1. The Labute approximate surface area is 141 Å². The van der Waals surface area contributed by atoms with Gasteiger partial charge in [-0.15, -0.1) is 0 Å². The van der Waals surface area contributed by atoms with E-state index in [1.54, 1.807) is 4.57 Å². The highest BCUT2D eigenvalue weighted by Crippen LogP contribution is 2.34. The van der Waals surface area contributed by atoms with Gasteiger partial charge in [0.15, 0.2) is 0 Å². The molecule has 124 valence electrons. The summed E-state index contributed by atoms with van der Waals surface area (Å²) in [7, 11) is 0. The Morgan fingerprint density at radius 2 is 1.67 bits per heavy atom. The smallest absolute Gasteiger partial charge is 0.419 e. The first-order chi connectivity index (χ1) is 11.4. The summed E-state index contributed by atoms with van der Waals surface area (Å²) < 4.78 is 7.15. The van der Waals surface area contributed by atoms with Gasteiger partial charge in [0.25, 0.3) is 0 Å². The third-order valence-corrected chi connectivity index (χ3v) is 3.76. The first-order valence-corrected chi connectivity index (χ1v) is 7.94. The van der Waals surface area contributed by atoms with Crippen molar-refractivity contribution in [1.29, 1.82) is 0 Å². The molecule has 0 fully saturated rings. The highest BCUT2D eigenvalue weighted by molar-refractivity contribution is 5.99. The van der Waals surface area contributed by atoms with Crippen LogP contribution in [0.3, 0.4) is 0 Å². The minimum absolute atomic E-state index is 0.152. The van der Waals surface area contributed by atoms with E-state index in [9.17, 15) is 9.90 Å². The Hall–Kier alpha value is -2.59. The summed E-state index contributed by atoms with van der Waals surface area (Å²) in [5.41, 5.74) is 2.39. The number of ether oxygens (including phenoxy) is 1. The van der Waals surface area contributed by atoms with Crippen LogP contribution in [0.2, 0.25) is 0 Å². The summed E-state index contributed by atoms with van der Waals surface area (Å²) >= 11 is 0. The number of hydrogen-bond donors (Lipinski definition) is 1. The molecule has 1 aromatic heterocycles. The zero-order valence-corrected chi connectivity index (χ0v) is 14.1. The number of aliphatic hydroxyl groups is 1. The third kappa shape index (κ3) is 2.93. The predicted octanol–water partition coefficient (Wildman–Crippen LogP) is 4.58. The highest BCUT2D eigenvalue weighted by Gasteiger charge is 2.25. The molecule has 3 aromatic rings. The second-order valence-corrected chi connectivity index (χ2v) is 6.68. The molecule has 4 nitrogen and oxygen atoms in total. The molecular formula is C20H21NO3. The Balaban J connectivity index is 2.32. The molecule has 0 amide bonds. The van der Waals surface area contributed by atoms with E-state index in [0.29, 0.717) is 5.69 Å². The van der Waals surface area contributed by atoms with Crippen LogP contribution < -0.4 is 0 Å². The monoisotopic (exact) mass is 323 g/mol. The standard InChI is InChI=1S/C20H21NO3/c1-20(2,3)24-19(23)21-17-12-8-7-11-15(17)16(13-22)18(21)14-9-5-4-6-10-14/h4-12,22H,13H2,1-3H3. The van der Waals surface area contributed by atoms with Gasteiger partial charge in [0.05, 0.1) is 17.8 Å².